The number of aromatic amines is 1. The van der Waals surface area contributed by atoms with Crippen molar-refractivity contribution in [1.82, 2.24) is 4.98 Å². The largest absolute Gasteiger partial charge is 0.488 e. The Bertz CT molecular complexity index is 486. The molecule has 0 radical (unpaired) electrons. The summed E-state index contributed by atoms with van der Waals surface area (Å²) < 4.78 is 4.73. The van der Waals surface area contributed by atoms with Crippen molar-refractivity contribution in [3.8, 4) is 0 Å². The number of fused-ring (bicyclic) bond motifs is 1. The molecular formula is C7H6BNO4. The average molecular weight is 179 g/mol. The standard InChI is InChI=1S/C7H6BNO4/c10-7-9-5-2-1-4(8(11)12)3-6(5)13-7/h1-3,11-12H,(H,9,10). The van der Waals surface area contributed by atoms with Crippen molar-refractivity contribution in [2.45, 2.75) is 0 Å². The van der Waals surface area contributed by atoms with Crippen LogP contribution < -0.4 is 11.2 Å². The average Bonchev–Trinajstić information content (AvgIpc) is 2.42. The SMILES string of the molecule is O=c1[nH]c2ccc(B(O)O)cc2o1. The maximum Gasteiger partial charge on any atom is 0.488 e. The first kappa shape index (κ1) is 8.09. The van der Waals surface area contributed by atoms with Gasteiger partial charge >= 0.3 is 12.9 Å². The first-order chi connectivity index (χ1) is 6.16. The molecule has 0 atom stereocenters. The Labute approximate surface area is 72.8 Å². The van der Waals surface area contributed by atoms with Crippen LogP contribution in [-0.2, 0) is 0 Å². The van der Waals surface area contributed by atoms with E-state index in [-0.39, 0.29) is 5.46 Å². The molecule has 0 unspecified atom stereocenters. The number of benzene rings is 1. The number of H-pyrrole nitrogens is 1. The fraction of sp³-hybridized carbons (Fsp3) is 0. The molecule has 0 aliphatic heterocycles. The Morgan fingerprint density at radius 3 is 2.85 bits per heavy atom. The molecule has 0 saturated carbocycles. The normalized spacial score (nSPS) is 10.6. The van der Waals surface area contributed by atoms with E-state index in [4.69, 9.17) is 14.5 Å². The smallest absolute Gasteiger partial charge is 0.423 e. The number of hydrogen-bond donors (Lipinski definition) is 3. The number of hydrogen-bond acceptors (Lipinski definition) is 4. The lowest BCUT2D eigenvalue weighted by Gasteiger charge is -1.96. The highest BCUT2D eigenvalue weighted by Crippen LogP contribution is 2.06. The van der Waals surface area contributed by atoms with Gasteiger partial charge in [-0.3, -0.25) is 4.98 Å². The van der Waals surface area contributed by atoms with Gasteiger partial charge in [0.2, 0.25) is 0 Å². The Morgan fingerprint density at radius 2 is 2.15 bits per heavy atom. The van der Waals surface area contributed by atoms with E-state index in [1.807, 2.05) is 0 Å². The molecule has 13 heavy (non-hydrogen) atoms. The predicted octanol–water partition coefficient (Wildman–Crippen LogP) is -1.20. The minimum absolute atomic E-state index is 0.287. The molecular weight excluding hydrogens is 173 g/mol. The first-order valence-corrected chi connectivity index (χ1v) is 3.66. The molecule has 1 aromatic heterocycles. The third-order valence-corrected chi connectivity index (χ3v) is 1.74. The van der Waals surface area contributed by atoms with Gasteiger partial charge < -0.3 is 14.5 Å². The Kier molecular flexibility index (Phi) is 1.71. The van der Waals surface area contributed by atoms with Crippen molar-refractivity contribution in [2.75, 3.05) is 0 Å². The molecule has 0 bridgehead atoms. The van der Waals surface area contributed by atoms with Gasteiger partial charge in [-0.2, -0.15) is 0 Å². The fourth-order valence-electron chi connectivity index (χ4n) is 1.12. The topological polar surface area (TPSA) is 86.5 Å². The van der Waals surface area contributed by atoms with Crippen LogP contribution >= 0.6 is 0 Å². The molecule has 6 heteroatoms. The van der Waals surface area contributed by atoms with E-state index in [0.717, 1.165) is 0 Å². The van der Waals surface area contributed by atoms with E-state index in [1.165, 1.54) is 12.1 Å². The van der Waals surface area contributed by atoms with Crippen LogP contribution in [0.25, 0.3) is 11.1 Å². The Morgan fingerprint density at radius 1 is 1.38 bits per heavy atom. The molecule has 0 spiro atoms. The van der Waals surface area contributed by atoms with Crippen molar-refractivity contribution in [1.29, 1.82) is 0 Å². The molecule has 0 saturated heterocycles. The molecule has 0 fully saturated rings. The number of rotatable bonds is 1. The van der Waals surface area contributed by atoms with Crippen molar-refractivity contribution in [2.24, 2.45) is 0 Å². The van der Waals surface area contributed by atoms with Crippen LogP contribution in [-0.4, -0.2) is 22.2 Å². The lowest BCUT2D eigenvalue weighted by molar-refractivity contribution is 0.425. The van der Waals surface area contributed by atoms with E-state index in [1.54, 1.807) is 6.07 Å². The zero-order chi connectivity index (χ0) is 9.42. The van der Waals surface area contributed by atoms with Crippen molar-refractivity contribution in [3.05, 3.63) is 28.7 Å². The molecule has 0 amide bonds. The maximum absolute atomic E-state index is 10.7. The summed E-state index contributed by atoms with van der Waals surface area (Å²) >= 11 is 0. The lowest BCUT2D eigenvalue weighted by Crippen LogP contribution is -2.29. The molecule has 1 aromatic carbocycles. The summed E-state index contributed by atoms with van der Waals surface area (Å²) in [6.45, 7) is 0. The lowest BCUT2D eigenvalue weighted by atomic mass is 9.80. The van der Waals surface area contributed by atoms with Crippen LogP contribution in [0.5, 0.6) is 0 Å². The summed E-state index contributed by atoms with van der Waals surface area (Å²) in [6.07, 6.45) is 0. The summed E-state index contributed by atoms with van der Waals surface area (Å²) in [5.74, 6) is -0.556. The Hall–Kier alpha value is -1.53. The molecule has 0 aliphatic rings. The summed E-state index contributed by atoms with van der Waals surface area (Å²) in [4.78, 5) is 13.2. The zero-order valence-electron chi connectivity index (χ0n) is 6.52. The first-order valence-electron chi connectivity index (χ1n) is 3.66. The van der Waals surface area contributed by atoms with Crippen LogP contribution in [0, 0.1) is 0 Å². The van der Waals surface area contributed by atoms with Crippen molar-refractivity contribution in [3.63, 3.8) is 0 Å². The monoisotopic (exact) mass is 179 g/mol. The zero-order valence-corrected chi connectivity index (χ0v) is 6.52. The second-order valence-corrected chi connectivity index (χ2v) is 2.64. The molecule has 1 heterocycles. The van der Waals surface area contributed by atoms with Crippen LogP contribution in [0.4, 0.5) is 0 Å². The van der Waals surface area contributed by atoms with E-state index in [2.05, 4.69) is 4.98 Å². The summed E-state index contributed by atoms with van der Waals surface area (Å²) in [6, 6.07) is 4.45. The van der Waals surface area contributed by atoms with Gasteiger partial charge in [0.15, 0.2) is 5.58 Å². The van der Waals surface area contributed by atoms with Crippen molar-refractivity contribution < 1.29 is 14.5 Å². The summed E-state index contributed by atoms with van der Waals surface area (Å²) in [7, 11) is -1.55. The maximum atomic E-state index is 10.7. The van der Waals surface area contributed by atoms with E-state index >= 15 is 0 Å². The van der Waals surface area contributed by atoms with Gasteiger partial charge in [0.25, 0.3) is 0 Å². The van der Waals surface area contributed by atoms with E-state index < -0.39 is 12.9 Å². The fourth-order valence-corrected chi connectivity index (χ4v) is 1.12. The van der Waals surface area contributed by atoms with Crippen LogP contribution in [0.3, 0.4) is 0 Å². The summed E-state index contributed by atoms with van der Waals surface area (Å²) in [5, 5.41) is 17.6. The molecule has 2 rings (SSSR count). The van der Waals surface area contributed by atoms with Crippen LogP contribution in [0.2, 0.25) is 0 Å². The van der Waals surface area contributed by atoms with Gasteiger partial charge in [-0.15, -0.1) is 0 Å². The predicted molar refractivity (Wildman–Crippen MR) is 46.7 cm³/mol. The van der Waals surface area contributed by atoms with Gasteiger partial charge in [0.1, 0.15) is 0 Å². The number of oxazole rings is 1. The third kappa shape index (κ3) is 1.37. The van der Waals surface area contributed by atoms with E-state index in [9.17, 15) is 4.79 Å². The van der Waals surface area contributed by atoms with Crippen molar-refractivity contribution >= 4 is 23.7 Å². The molecule has 0 aliphatic carbocycles. The second kappa shape index (κ2) is 2.76. The minimum atomic E-state index is -1.55. The molecule has 66 valence electrons. The highest BCUT2D eigenvalue weighted by atomic mass is 16.4. The quantitative estimate of drug-likeness (QED) is 0.480. The highest BCUT2D eigenvalue weighted by Gasteiger charge is 2.12. The van der Waals surface area contributed by atoms with Crippen LogP contribution in [0.1, 0.15) is 0 Å². The molecule has 5 nitrogen and oxygen atoms in total. The van der Waals surface area contributed by atoms with Gasteiger partial charge in [-0.1, -0.05) is 6.07 Å². The number of aromatic nitrogens is 1. The highest BCUT2D eigenvalue weighted by molar-refractivity contribution is 6.58. The minimum Gasteiger partial charge on any atom is -0.423 e. The van der Waals surface area contributed by atoms with Gasteiger partial charge in [-0.25, -0.2) is 4.79 Å². The second-order valence-electron chi connectivity index (χ2n) is 2.64. The van der Waals surface area contributed by atoms with E-state index in [0.29, 0.717) is 11.1 Å². The molecule has 2 aromatic rings. The number of nitrogens with one attached hydrogen (secondary N) is 1. The Balaban J connectivity index is 2.68. The van der Waals surface area contributed by atoms with Gasteiger partial charge in [0, 0.05) is 0 Å². The molecule has 3 N–H and O–H groups in total. The van der Waals surface area contributed by atoms with Crippen LogP contribution in [0.15, 0.2) is 27.4 Å². The van der Waals surface area contributed by atoms with Gasteiger partial charge in [-0.05, 0) is 17.6 Å². The third-order valence-electron chi connectivity index (χ3n) is 1.74. The van der Waals surface area contributed by atoms with Gasteiger partial charge in [0.05, 0.1) is 5.52 Å². The summed E-state index contributed by atoms with van der Waals surface area (Å²) in [5.41, 5.74) is 1.14.